The van der Waals surface area contributed by atoms with E-state index in [1.807, 2.05) is 29.9 Å². The third kappa shape index (κ3) is 4.10. The monoisotopic (exact) mass is 273 g/mol. The highest BCUT2D eigenvalue weighted by Gasteiger charge is 2.01. The fourth-order valence-electron chi connectivity index (χ4n) is 1.96. The molecular formula is C16H23N3O. The summed E-state index contributed by atoms with van der Waals surface area (Å²) < 4.78 is 7.41. The van der Waals surface area contributed by atoms with Gasteiger partial charge in [0.2, 0.25) is 0 Å². The first-order valence-electron chi connectivity index (χ1n) is 7.15. The molecule has 0 saturated heterocycles. The molecule has 1 aromatic heterocycles. The Labute approximate surface area is 120 Å². The molecule has 0 aliphatic rings. The van der Waals surface area contributed by atoms with Crippen LogP contribution in [0.2, 0.25) is 0 Å². The van der Waals surface area contributed by atoms with Crippen LogP contribution >= 0.6 is 0 Å². The molecule has 0 saturated carbocycles. The molecule has 0 aliphatic heterocycles. The maximum Gasteiger partial charge on any atom is 0.119 e. The van der Waals surface area contributed by atoms with Crippen LogP contribution in [0.5, 0.6) is 5.75 Å². The van der Waals surface area contributed by atoms with Gasteiger partial charge in [0.1, 0.15) is 5.75 Å². The van der Waals surface area contributed by atoms with Gasteiger partial charge in [0.15, 0.2) is 0 Å². The Balaban J connectivity index is 1.79. The molecule has 2 rings (SSSR count). The standard InChI is InChI=1S/C16H23N3O/c1-4-20-16-7-5-14(6-8-16)11-17-12-15-9-10-19(18-15)13(2)3/h5-10,13,17H,4,11-12H2,1-3H3. The number of benzene rings is 1. The summed E-state index contributed by atoms with van der Waals surface area (Å²) in [4.78, 5) is 0. The van der Waals surface area contributed by atoms with E-state index in [1.165, 1.54) is 5.56 Å². The highest BCUT2D eigenvalue weighted by Crippen LogP contribution is 2.12. The zero-order valence-corrected chi connectivity index (χ0v) is 12.5. The second-order valence-corrected chi connectivity index (χ2v) is 5.06. The van der Waals surface area contributed by atoms with E-state index in [9.17, 15) is 0 Å². The molecule has 0 atom stereocenters. The molecule has 0 bridgehead atoms. The van der Waals surface area contributed by atoms with E-state index in [0.717, 1.165) is 24.5 Å². The van der Waals surface area contributed by atoms with E-state index in [4.69, 9.17) is 4.74 Å². The fraction of sp³-hybridized carbons (Fsp3) is 0.438. The van der Waals surface area contributed by atoms with Crippen molar-refractivity contribution < 1.29 is 4.74 Å². The van der Waals surface area contributed by atoms with Gasteiger partial charge in [-0.3, -0.25) is 4.68 Å². The topological polar surface area (TPSA) is 39.1 Å². The molecule has 1 aromatic carbocycles. The minimum Gasteiger partial charge on any atom is -0.494 e. The van der Waals surface area contributed by atoms with Crippen molar-refractivity contribution >= 4 is 0 Å². The summed E-state index contributed by atoms with van der Waals surface area (Å²) in [6.45, 7) is 8.57. The molecule has 4 nitrogen and oxygen atoms in total. The van der Waals surface area contributed by atoms with Crippen molar-refractivity contribution in [3.8, 4) is 5.75 Å². The average molecular weight is 273 g/mol. The van der Waals surface area contributed by atoms with Crippen molar-refractivity contribution in [2.24, 2.45) is 0 Å². The highest BCUT2D eigenvalue weighted by molar-refractivity contribution is 5.27. The van der Waals surface area contributed by atoms with Gasteiger partial charge in [0.25, 0.3) is 0 Å². The summed E-state index contributed by atoms with van der Waals surface area (Å²) in [5.41, 5.74) is 2.32. The third-order valence-electron chi connectivity index (χ3n) is 3.06. The maximum atomic E-state index is 5.43. The molecule has 1 N–H and O–H groups in total. The molecule has 0 radical (unpaired) electrons. The van der Waals surface area contributed by atoms with Gasteiger partial charge in [-0.1, -0.05) is 12.1 Å². The Morgan fingerprint density at radius 2 is 1.90 bits per heavy atom. The van der Waals surface area contributed by atoms with Crippen LogP contribution in [0.4, 0.5) is 0 Å². The normalized spacial score (nSPS) is 11.0. The summed E-state index contributed by atoms with van der Waals surface area (Å²) in [6, 6.07) is 10.7. The van der Waals surface area contributed by atoms with Crippen molar-refractivity contribution in [2.45, 2.75) is 39.9 Å². The molecule has 0 aliphatic carbocycles. The number of nitrogens with zero attached hydrogens (tertiary/aromatic N) is 2. The van der Waals surface area contributed by atoms with E-state index < -0.39 is 0 Å². The van der Waals surface area contributed by atoms with Crippen molar-refractivity contribution in [3.63, 3.8) is 0 Å². The Hall–Kier alpha value is -1.81. The number of nitrogens with one attached hydrogen (secondary N) is 1. The molecule has 108 valence electrons. The van der Waals surface area contributed by atoms with E-state index in [2.05, 4.69) is 42.5 Å². The van der Waals surface area contributed by atoms with Gasteiger partial charge in [-0.15, -0.1) is 0 Å². The highest BCUT2D eigenvalue weighted by atomic mass is 16.5. The molecule has 1 heterocycles. The van der Waals surface area contributed by atoms with Gasteiger partial charge in [-0.2, -0.15) is 5.10 Å². The smallest absolute Gasteiger partial charge is 0.119 e. The first-order valence-corrected chi connectivity index (χ1v) is 7.15. The van der Waals surface area contributed by atoms with Crippen LogP contribution in [0, 0.1) is 0 Å². The zero-order chi connectivity index (χ0) is 14.4. The predicted molar refractivity (Wildman–Crippen MR) is 80.8 cm³/mol. The van der Waals surface area contributed by atoms with Gasteiger partial charge in [0, 0.05) is 25.3 Å². The number of aromatic nitrogens is 2. The van der Waals surface area contributed by atoms with Gasteiger partial charge < -0.3 is 10.1 Å². The molecule has 20 heavy (non-hydrogen) atoms. The average Bonchev–Trinajstić information content (AvgIpc) is 2.90. The van der Waals surface area contributed by atoms with Crippen LogP contribution in [0.15, 0.2) is 36.5 Å². The Morgan fingerprint density at radius 1 is 1.15 bits per heavy atom. The van der Waals surface area contributed by atoms with Crippen molar-refractivity contribution in [1.29, 1.82) is 0 Å². The van der Waals surface area contributed by atoms with Crippen molar-refractivity contribution in [1.82, 2.24) is 15.1 Å². The van der Waals surface area contributed by atoms with E-state index in [0.29, 0.717) is 12.6 Å². The second-order valence-electron chi connectivity index (χ2n) is 5.06. The van der Waals surface area contributed by atoms with Crippen LogP contribution < -0.4 is 10.1 Å². The van der Waals surface area contributed by atoms with Crippen LogP contribution in [-0.2, 0) is 13.1 Å². The lowest BCUT2D eigenvalue weighted by molar-refractivity contribution is 0.340. The van der Waals surface area contributed by atoms with Crippen LogP contribution in [0.25, 0.3) is 0 Å². The van der Waals surface area contributed by atoms with E-state index in [-0.39, 0.29) is 0 Å². The minimum absolute atomic E-state index is 0.412. The lowest BCUT2D eigenvalue weighted by Gasteiger charge is -2.06. The summed E-state index contributed by atoms with van der Waals surface area (Å²) in [6.07, 6.45) is 2.03. The van der Waals surface area contributed by atoms with Gasteiger partial charge in [-0.25, -0.2) is 0 Å². The predicted octanol–water partition coefficient (Wildman–Crippen LogP) is 3.15. The maximum absolute atomic E-state index is 5.43. The molecule has 0 fully saturated rings. The van der Waals surface area contributed by atoms with Crippen molar-refractivity contribution in [3.05, 3.63) is 47.8 Å². The Kier molecular flexibility index (Phi) is 5.18. The minimum atomic E-state index is 0.412. The molecule has 0 unspecified atom stereocenters. The number of ether oxygens (including phenoxy) is 1. The van der Waals surface area contributed by atoms with E-state index in [1.54, 1.807) is 0 Å². The van der Waals surface area contributed by atoms with E-state index >= 15 is 0 Å². The van der Waals surface area contributed by atoms with Crippen LogP contribution in [0.3, 0.4) is 0 Å². The number of hydrogen-bond acceptors (Lipinski definition) is 3. The second kappa shape index (κ2) is 7.10. The quantitative estimate of drug-likeness (QED) is 0.842. The SMILES string of the molecule is CCOc1ccc(CNCc2ccn(C(C)C)n2)cc1. The van der Waals surface area contributed by atoms with Crippen LogP contribution in [0.1, 0.15) is 38.1 Å². The third-order valence-corrected chi connectivity index (χ3v) is 3.06. The Bertz CT molecular complexity index is 517. The lowest BCUT2D eigenvalue weighted by Crippen LogP contribution is -2.13. The zero-order valence-electron chi connectivity index (χ0n) is 12.5. The van der Waals surface area contributed by atoms with Gasteiger partial charge >= 0.3 is 0 Å². The molecule has 4 heteroatoms. The van der Waals surface area contributed by atoms with Crippen molar-refractivity contribution in [2.75, 3.05) is 6.61 Å². The summed E-state index contributed by atoms with van der Waals surface area (Å²) in [5, 5.41) is 7.92. The fourth-order valence-corrected chi connectivity index (χ4v) is 1.96. The largest absolute Gasteiger partial charge is 0.494 e. The molecule has 2 aromatic rings. The summed E-state index contributed by atoms with van der Waals surface area (Å²) in [5.74, 6) is 0.923. The Morgan fingerprint density at radius 3 is 2.50 bits per heavy atom. The van der Waals surface area contributed by atoms with Crippen LogP contribution in [-0.4, -0.2) is 16.4 Å². The van der Waals surface area contributed by atoms with Gasteiger partial charge in [0.05, 0.1) is 12.3 Å². The number of hydrogen-bond donors (Lipinski definition) is 1. The summed E-state index contributed by atoms with van der Waals surface area (Å²) in [7, 11) is 0. The number of rotatable bonds is 7. The molecule has 0 spiro atoms. The molecular weight excluding hydrogens is 250 g/mol. The molecule has 0 amide bonds. The van der Waals surface area contributed by atoms with Gasteiger partial charge in [-0.05, 0) is 44.5 Å². The first kappa shape index (κ1) is 14.6. The first-order chi connectivity index (χ1) is 9.69. The summed E-state index contributed by atoms with van der Waals surface area (Å²) >= 11 is 0. The lowest BCUT2D eigenvalue weighted by atomic mass is 10.2.